The van der Waals surface area contributed by atoms with Crippen LogP contribution in [0.2, 0.25) is 0 Å². The van der Waals surface area contributed by atoms with Gasteiger partial charge >= 0.3 is 0 Å². The lowest BCUT2D eigenvalue weighted by molar-refractivity contribution is -0.129. The number of hydrogen-bond acceptors (Lipinski definition) is 5. The van der Waals surface area contributed by atoms with Gasteiger partial charge in [-0.15, -0.1) is 12.4 Å². The van der Waals surface area contributed by atoms with Gasteiger partial charge in [0.15, 0.2) is 0 Å². The van der Waals surface area contributed by atoms with E-state index in [0.29, 0.717) is 31.7 Å². The summed E-state index contributed by atoms with van der Waals surface area (Å²) in [6.07, 6.45) is 1.04. The van der Waals surface area contributed by atoms with Crippen LogP contribution in [0.25, 0.3) is 0 Å². The number of nitrogens with zero attached hydrogens (tertiary/aromatic N) is 2. The van der Waals surface area contributed by atoms with E-state index in [1.807, 2.05) is 0 Å². The molecule has 0 unspecified atom stereocenters. The van der Waals surface area contributed by atoms with E-state index in [1.165, 1.54) is 35.5 Å². The van der Waals surface area contributed by atoms with Crippen LogP contribution >= 0.6 is 12.4 Å². The van der Waals surface area contributed by atoms with Crippen molar-refractivity contribution in [3.8, 4) is 0 Å². The van der Waals surface area contributed by atoms with Gasteiger partial charge in [-0.05, 0) is 37.2 Å². The van der Waals surface area contributed by atoms with Gasteiger partial charge in [-0.25, -0.2) is 8.42 Å². The number of rotatable bonds is 8. The lowest BCUT2D eigenvalue weighted by atomic mass is 10.2. The molecule has 1 heterocycles. The van der Waals surface area contributed by atoms with Gasteiger partial charge in [0.2, 0.25) is 15.9 Å². The summed E-state index contributed by atoms with van der Waals surface area (Å²) in [7, 11) is -3.63. The fourth-order valence-corrected chi connectivity index (χ4v) is 4.26. The Labute approximate surface area is 173 Å². The maximum absolute atomic E-state index is 12.7. The van der Waals surface area contributed by atoms with Crippen molar-refractivity contribution in [3.63, 3.8) is 0 Å². The SMILES string of the molecule is CCCNCCNC(=O)c1ccc(S(=O)(=O)N2CCN(C(C)=O)CC2)cc1.Cl. The van der Waals surface area contributed by atoms with Crippen LogP contribution in [0.4, 0.5) is 0 Å². The highest BCUT2D eigenvalue weighted by atomic mass is 35.5. The fourth-order valence-electron chi connectivity index (χ4n) is 2.84. The predicted octanol–water partition coefficient (Wildman–Crippen LogP) is 0.691. The number of hydrogen-bond donors (Lipinski definition) is 2. The number of amides is 2. The van der Waals surface area contributed by atoms with Gasteiger partial charge < -0.3 is 15.5 Å². The molecular weight excluding hydrogens is 404 g/mol. The first kappa shape index (κ1) is 24.4. The summed E-state index contributed by atoms with van der Waals surface area (Å²) in [4.78, 5) is 25.3. The van der Waals surface area contributed by atoms with Crippen molar-refractivity contribution in [1.29, 1.82) is 0 Å². The van der Waals surface area contributed by atoms with Crippen LogP contribution in [0.3, 0.4) is 0 Å². The number of halogens is 1. The molecule has 1 aliphatic heterocycles. The molecule has 0 aliphatic carbocycles. The third-order valence-corrected chi connectivity index (χ3v) is 6.37. The monoisotopic (exact) mass is 432 g/mol. The summed E-state index contributed by atoms with van der Waals surface area (Å²) < 4.78 is 26.8. The molecule has 2 N–H and O–H groups in total. The van der Waals surface area contributed by atoms with Crippen LogP contribution in [0.1, 0.15) is 30.6 Å². The van der Waals surface area contributed by atoms with Crippen molar-refractivity contribution in [1.82, 2.24) is 19.8 Å². The molecule has 1 aromatic rings. The Balaban J connectivity index is 0.00000392. The molecule has 1 aliphatic rings. The lowest BCUT2D eigenvalue weighted by Crippen LogP contribution is -2.49. The van der Waals surface area contributed by atoms with E-state index < -0.39 is 10.0 Å². The van der Waals surface area contributed by atoms with Crippen LogP contribution in [-0.4, -0.2) is 75.3 Å². The van der Waals surface area contributed by atoms with Gasteiger partial charge in [-0.2, -0.15) is 4.31 Å². The van der Waals surface area contributed by atoms with Crippen molar-refractivity contribution in [2.75, 3.05) is 45.8 Å². The maximum atomic E-state index is 12.7. The molecule has 1 aromatic carbocycles. The Morgan fingerprint density at radius 3 is 2.14 bits per heavy atom. The van der Waals surface area contributed by atoms with Crippen LogP contribution in [0.15, 0.2) is 29.2 Å². The summed E-state index contributed by atoms with van der Waals surface area (Å²) >= 11 is 0. The van der Waals surface area contributed by atoms with Crippen LogP contribution < -0.4 is 10.6 Å². The average Bonchev–Trinajstić information content (AvgIpc) is 2.67. The molecule has 0 aromatic heterocycles. The Bertz CT molecular complexity index is 747. The largest absolute Gasteiger partial charge is 0.351 e. The normalized spacial score (nSPS) is 15.0. The highest BCUT2D eigenvalue weighted by Crippen LogP contribution is 2.18. The van der Waals surface area contributed by atoms with Crippen LogP contribution in [0, 0.1) is 0 Å². The van der Waals surface area contributed by atoms with Crippen molar-refractivity contribution in [2.24, 2.45) is 0 Å². The average molecular weight is 433 g/mol. The summed E-state index contributed by atoms with van der Waals surface area (Å²) in [6, 6.07) is 5.95. The summed E-state index contributed by atoms with van der Waals surface area (Å²) in [5.41, 5.74) is 0.422. The highest BCUT2D eigenvalue weighted by Gasteiger charge is 2.29. The molecule has 28 heavy (non-hydrogen) atoms. The number of sulfonamides is 1. The molecule has 2 rings (SSSR count). The molecule has 1 fully saturated rings. The zero-order valence-electron chi connectivity index (χ0n) is 16.3. The van der Waals surface area contributed by atoms with Crippen molar-refractivity contribution in [2.45, 2.75) is 25.2 Å². The second-order valence-electron chi connectivity index (χ2n) is 6.44. The zero-order valence-corrected chi connectivity index (χ0v) is 17.9. The Morgan fingerprint density at radius 1 is 1.00 bits per heavy atom. The molecule has 0 atom stereocenters. The third-order valence-electron chi connectivity index (χ3n) is 4.45. The number of carbonyl (C=O) groups excluding carboxylic acids is 2. The summed E-state index contributed by atoms with van der Waals surface area (Å²) in [5.74, 6) is -0.278. The van der Waals surface area contributed by atoms with Crippen molar-refractivity contribution in [3.05, 3.63) is 29.8 Å². The minimum atomic E-state index is -3.63. The lowest BCUT2D eigenvalue weighted by Gasteiger charge is -2.33. The van der Waals surface area contributed by atoms with Crippen molar-refractivity contribution < 1.29 is 18.0 Å². The molecule has 0 bridgehead atoms. The van der Waals surface area contributed by atoms with Gasteiger partial charge in [-0.3, -0.25) is 9.59 Å². The minimum absolute atomic E-state index is 0. The van der Waals surface area contributed by atoms with E-state index in [1.54, 1.807) is 4.90 Å². The van der Waals surface area contributed by atoms with E-state index in [9.17, 15) is 18.0 Å². The van der Waals surface area contributed by atoms with E-state index in [4.69, 9.17) is 0 Å². The first-order valence-electron chi connectivity index (χ1n) is 9.21. The van der Waals surface area contributed by atoms with Gasteiger partial charge in [0, 0.05) is 51.8 Å². The highest BCUT2D eigenvalue weighted by molar-refractivity contribution is 7.89. The Hall–Kier alpha value is -1.68. The maximum Gasteiger partial charge on any atom is 0.251 e. The molecule has 158 valence electrons. The van der Waals surface area contributed by atoms with E-state index >= 15 is 0 Å². The first-order valence-corrected chi connectivity index (χ1v) is 10.6. The molecule has 2 amide bonds. The molecular formula is C18H29ClN4O4S. The van der Waals surface area contributed by atoms with E-state index in [2.05, 4.69) is 17.6 Å². The van der Waals surface area contributed by atoms with Crippen molar-refractivity contribution >= 4 is 34.2 Å². The van der Waals surface area contributed by atoms with E-state index in [-0.39, 0.29) is 42.2 Å². The number of nitrogens with one attached hydrogen (secondary N) is 2. The number of carbonyl (C=O) groups is 2. The van der Waals surface area contributed by atoms with Crippen LogP contribution in [0.5, 0.6) is 0 Å². The molecule has 0 spiro atoms. The van der Waals surface area contributed by atoms with Crippen LogP contribution in [-0.2, 0) is 14.8 Å². The minimum Gasteiger partial charge on any atom is -0.351 e. The smallest absolute Gasteiger partial charge is 0.251 e. The molecule has 10 heteroatoms. The Morgan fingerprint density at radius 2 is 1.61 bits per heavy atom. The second kappa shape index (κ2) is 11.4. The topological polar surface area (TPSA) is 98.8 Å². The molecule has 0 radical (unpaired) electrons. The standard InChI is InChI=1S/C18H28N4O4S.ClH/c1-3-8-19-9-10-20-18(24)16-4-6-17(7-5-16)27(25,26)22-13-11-21(12-14-22)15(2)23;/h4-7,19H,3,8-14H2,1-2H3,(H,20,24);1H. The quantitative estimate of drug-likeness (QED) is 0.589. The fraction of sp³-hybridized carbons (Fsp3) is 0.556. The molecule has 8 nitrogen and oxygen atoms in total. The Kier molecular flexibility index (Phi) is 9.88. The summed E-state index contributed by atoms with van der Waals surface area (Å²) in [6.45, 7) is 6.99. The first-order chi connectivity index (χ1) is 12.9. The third kappa shape index (κ3) is 6.44. The number of piperazine rings is 1. The summed E-state index contributed by atoms with van der Waals surface area (Å²) in [5, 5.41) is 5.99. The molecule has 1 saturated heterocycles. The second-order valence-corrected chi connectivity index (χ2v) is 8.38. The van der Waals surface area contributed by atoms with Gasteiger partial charge in [0.25, 0.3) is 5.91 Å². The van der Waals surface area contributed by atoms with Gasteiger partial charge in [0.05, 0.1) is 4.90 Å². The van der Waals surface area contributed by atoms with E-state index in [0.717, 1.165) is 13.0 Å². The molecule has 0 saturated carbocycles. The zero-order chi connectivity index (χ0) is 19.9. The van der Waals surface area contributed by atoms with Gasteiger partial charge in [-0.1, -0.05) is 6.92 Å². The number of benzene rings is 1. The van der Waals surface area contributed by atoms with Gasteiger partial charge in [0.1, 0.15) is 0 Å². The predicted molar refractivity (Wildman–Crippen MR) is 110 cm³/mol.